The molecule has 15 heteroatoms. The minimum atomic E-state index is -2.38. The fourth-order valence-electron chi connectivity index (χ4n) is 2.71. The number of nitro groups is 3. The second kappa shape index (κ2) is 8.23. The average molecular weight is 450 g/mol. The number of carbonyl (C=O) groups excluding carboxylic acids is 2. The van der Waals surface area contributed by atoms with Crippen molar-refractivity contribution in [2.24, 2.45) is 0 Å². The van der Waals surface area contributed by atoms with E-state index in [1.54, 1.807) is 0 Å². The highest BCUT2D eigenvalue weighted by atomic mass is 32.2. The van der Waals surface area contributed by atoms with Crippen molar-refractivity contribution < 1.29 is 39.7 Å². The molecular formula is C16H8N3O11S-3. The lowest BCUT2D eigenvalue weighted by Crippen LogP contribution is -2.26. The molecule has 0 aliphatic carbocycles. The second-order valence-corrected chi connectivity index (χ2v) is 6.93. The Kier molecular flexibility index (Phi) is 6.11. The molecule has 0 aromatic heterocycles. The van der Waals surface area contributed by atoms with E-state index in [1.165, 1.54) is 6.92 Å². The Morgan fingerprint density at radius 2 is 1.32 bits per heavy atom. The van der Waals surface area contributed by atoms with Crippen LogP contribution in [0.1, 0.15) is 31.8 Å². The number of nitro benzene ring substituents is 3. The van der Waals surface area contributed by atoms with E-state index in [4.69, 9.17) is 0 Å². The molecule has 31 heavy (non-hydrogen) atoms. The molecule has 0 heterocycles. The molecule has 2 aromatic rings. The van der Waals surface area contributed by atoms with Crippen molar-refractivity contribution in [1.29, 1.82) is 0 Å². The van der Waals surface area contributed by atoms with Gasteiger partial charge < -0.3 is 24.9 Å². The van der Waals surface area contributed by atoms with Gasteiger partial charge in [-0.1, -0.05) is 17.8 Å². The first-order valence-corrected chi connectivity index (χ1v) is 8.67. The lowest BCUT2D eigenvalue weighted by atomic mass is 10.1. The van der Waals surface area contributed by atoms with E-state index in [9.17, 15) is 55.3 Å². The third-order valence-corrected chi connectivity index (χ3v) is 5.51. The van der Waals surface area contributed by atoms with Gasteiger partial charge in [-0.25, -0.2) is 0 Å². The lowest BCUT2D eigenvalue weighted by molar-refractivity contribution is -0.406. The zero-order valence-corrected chi connectivity index (χ0v) is 16.2. The first-order valence-electron chi connectivity index (χ1n) is 7.86. The van der Waals surface area contributed by atoms with Crippen molar-refractivity contribution in [2.75, 3.05) is 0 Å². The molecule has 0 amide bonds. The minimum Gasteiger partial charge on any atom is -0.868 e. The van der Waals surface area contributed by atoms with Gasteiger partial charge in [0.05, 0.1) is 42.1 Å². The summed E-state index contributed by atoms with van der Waals surface area (Å²) in [4.78, 5) is 51.9. The molecule has 0 N–H and O–H groups in total. The smallest absolute Gasteiger partial charge is 0.299 e. The Balaban J connectivity index is 3.02. The maximum absolute atomic E-state index is 12.4. The summed E-state index contributed by atoms with van der Waals surface area (Å²) >= 11 is 0.160. The van der Waals surface area contributed by atoms with Crippen molar-refractivity contribution in [3.63, 3.8) is 0 Å². The highest BCUT2D eigenvalue weighted by Crippen LogP contribution is 2.50. The monoisotopic (exact) mass is 450 g/mol. The van der Waals surface area contributed by atoms with Crippen molar-refractivity contribution in [3.05, 3.63) is 64.7 Å². The Morgan fingerprint density at radius 3 is 1.74 bits per heavy atom. The number of hydrogen-bond acceptors (Lipinski definition) is 12. The summed E-state index contributed by atoms with van der Waals surface area (Å²) in [5, 5.41) is 69.4. The van der Waals surface area contributed by atoms with Crippen molar-refractivity contribution in [3.8, 4) is 5.75 Å². The molecular weight excluding hydrogens is 442 g/mol. The van der Waals surface area contributed by atoms with Crippen LogP contribution in [0.5, 0.6) is 5.75 Å². The van der Waals surface area contributed by atoms with Crippen molar-refractivity contribution >= 4 is 40.8 Å². The van der Waals surface area contributed by atoms with E-state index in [0.717, 1.165) is 19.1 Å². The average Bonchev–Trinajstić information content (AvgIpc) is 2.64. The van der Waals surface area contributed by atoms with Crippen LogP contribution >= 0.6 is 11.8 Å². The largest absolute Gasteiger partial charge is 0.868 e. The molecule has 0 fully saturated rings. The minimum absolute atomic E-state index is 0.0520. The highest BCUT2D eigenvalue weighted by Gasteiger charge is 2.35. The molecule has 0 atom stereocenters. The molecule has 0 aliphatic rings. The zero-order valence-electron chi connectivity index (χ0n) is 15.4. The van der Waals surface area contributed by atoms with Gasteiger partial charge in [0, 0.05) is 0 Å². The maximum atomic E-state index is 12.4. The van der Waals surface area contributed by atoms with Gasteiger partial charge in [0.1, 0.15) is 0 Å². The van der Waals surface area contributed by atoms with E-state index in [2.05, 4.69) is 0 Å². The summed E-state index contributed by atoms with van der Waals surface area (Å²) in [6.45, 7) is 2.21. The third-order valence-electron chi connectivity index (χ3n) is 4.09. The first kappa shape index (κ1) is 23.0. The van der Waals surface area contributed by atoms with Crippen LogP contribution in [-0.2, 0) is 0 Å². The molecule has 0 bridgehead atoms. The van der Waals surface area contributed by atoms with Gasteiger partial charge in [0.25, 0.3) is 17.1 Å². The number of benzene rings is 2. The number of aromatic carboxylic acids is 2. The second-order valence-electron chi connectivity index (χ2n) is 5.91. The summed E-state index contributed by atoms with van der Waals surface area (Å²) in [7, 11) is 0. The first-order chi connectivity index (χ1) is 14.3. The van der Waals surface area contributed by atoms with E-state index in [0.29, 0.717) is 0 Å². The summed E-state index contributed by atoms with van der Waals surface area (Å²) in [6.07, 6.45) is 0. The van der Waals surface area contributed by atoms with Gasteiger partial charge in [0.15, 0.2) is 5.56 Å². The zero-order chi connectivity index (χ0) is 23.8. The van der Waals surface area contributed by atoms with E-state index in [1.807, 2.05) is 0 Å². The summed E-state index contributed by atoms with van der Waals surface area (Å²) in [5.74, 6) is -5.79. The van der Waals surface area contributed by atoms with Gasteiger partial charge in [-0.3, -0.25) is 30.3 Å². The highest BCUT2D eigenvalue weighted by molar-refractivity contribution is 7.99. The molecule has 2 rings (SSSR count). The van der Waals surface area contributed by atoms with Crippen LogP contribution in [0.4, 0.5) is 17.1 Å². The maximum Gasteiger partial charge on any atom is 0.299 e. The summed E-state index contributed by atoms with van der Waals surface area (Å²) < 4.78 is 0. The van der Waals surface area contributed by atoms with Crippen LogP contribution in [0.3, 0.4) is 0 Å². The predicted octanol–water partition coefficient (Wildman–Crippen LogP) is -0.0202. The Bertz CT molecular complexity index is 1190. The molecule has 0 saturated carbocycles. The molecule has 2 aromatic carbocycles. The van der Waals surface area contributed by atoms with Gasteiger partial charge >= 0.3 is 0 Å². The standard InChI is InChI=1S/C16H11N3O11S/c1-5-3-4-7(15(21)22)9(17(25)26)13(5)31-14-6(2)12(20)10(18(27)28)8(16(23)24)11(14)19(29)30/h3-4,20H,1-2H3,(H,21,22)(H,23,24)/p-3. The lowest BCUT2D eigenvalue weighted by Gasteiger charge is -2.19. The quantitative estimate of drug-likeness (QED) is 0.400. The molecule has 0 radical (unpaired) electrons. The van der Waals surface area contributed by atoms with Gasteiger partial charge in [0.2, 0.25) is 0 Å². The molecule has 0 aliphatic heterocycles. The van der Waals surface area contributed by atoms with Crippen LogP contribution in [0.15, 0.2) is 21.9 Å². The number of aryl methyl sites for hydroxylation is 1. The number of carbonyl (C=O) groups is 2. The van der Waals surface area contributed by atoms with Crippen molar-refractivity contribution in [1.82, 2.24) is 0 Å². The normalized spacial score (nSPS) is 10.5. The molecule has 162 valence electrons. The number of hydrogen-bond donors (Lipinski definition) is 0. The third kappa shape index (κ3) is 3.93. The van der Waals surface area contributed by atoms with E-state index >= 15 is 0 Å². The Labute approximate surface area is 175 Å². The van der Waals surface area contributed by atoms with E-state index in [-0.39, 0.29) is 17.3 Å². The Hall–Kier alpha value is -4.27. The molecule has 0 saturated heterocycles. The SMILES string of the molecule is Cc1ccc(C(=O)[O-])c([N+](=O)[O-])c1Sc1c(C)c([O-])c([N+](=O)[O-])c(C(=O)[O-])c1[N+](=O)[O-]. The van der Waals surface area contributed by atoms with Crippen LogP contribution in [-0.4, -0.2) is 26.7 Å². The number of rotatable bonds is 7. The van der Waals surface area contributed by atoms with Gasteiger partial charge in [-0.05, 0) is 36.8 Å². The number of carboxylic acids is 2. The van der Waals surface area contributed by atoms with Crippen LogP contribution in [0.25, 0.3) is 0 Å². The van der Waals surface area contributed by atoms with Crippen molar-refractivity contribution in [2.45, 2.75) is 23.6 Å². The summed E-state index contributed by atoms with van der Waals surface area (Å²) in [5.41, 5.74) is -7.06. The van der Waals surface area contributed by atoms with Crippen LogP contribution in [0, 0.1) is 44.2 Å². The molecule has 14 nitrogen and oxygen atoms in total. The fourth-order valence-corrected chi connectivity index (χ4v) is 3.95. The van der Waals surface area contributed by atoms with Gasteiger partial charge in [-0.2, -0.15) is 0 Å². The molecule has 0 spiro atoms. The van der Waals surface area contributed by atoms with E-state index < -0.39 is 76.0 Å². The fraction of sp³-hybridized carbons (Fsp3) is 0.125. The van der Waals surface area contributed by atoms with Crippen LogP contribution in [0.2, 0.25) is 0 Å². The Morgan fingerprint density at radius 1 is 0.806 bits per heavy atom. The predicted molar refractivity (Wildman–Crippen MR) is 94.6 cm³/mol. The summed E-state index contributed by atoms with van der Waals surface area (Å²) in [6, 6.07) is 2.00. The topological polar surface area (TPSA) is 233 Å². The van der Waals surface area contributed by atoms with Crippen LogP contribution < -0.4 is 15.3 Å². The number of carboxylic acid groups (broad SMARTS) is 2. The van der Waals surface area contributed by atoms with Gasteiger partial charge in [-0.15, -0.1) is 0 Å². The number of nitrogens with zero attached hydrogens (tertiary/aromatic N) is 3. The molecule has 0 unspecified atom stereocenters.